The number of likely N-dealkylation sites (tertiary alicyclic amines) is 1. The van der Waals surface area contributed by atoms with E-state index in [1.807, 2.05) is 30.3 Å². The number of nitrogens with zero attached hydrogens (tertiary/aromatic N) is 4. The predicted octanol–water partition coefficient (Wildman–Crippen LogP) is 7.17. The summed E-state index contributed by atoms with van der Waals surface area (Å²) in [5.74, 6) is -0.250. The average Bonchev–Trinajstić information content (AvgIpc) is 3.28. The molecule has 5 rings (SSSR count). The zero-order valence-corrected chi connectivity index (χ0v) is 21.2. The number of benzene rings is 2. The summed E-state index contributed by atoms with van der Waals surface area (Å²) in [6, 6.07) is 16.5. The number of hydrogen-bond donors (Lipinski definition) is 0. The molecule has 0 saturated carbocycles. The SMILES string of the molecule is Cn1c(C2CCCCN2C(=O)OCc2ccccc2)nc(-c2cccc(C(F)(F)F)c2)c1-c1ccnc(F)c1. The maximum atomic E-state index is 14.1. The Bertz CT molecular complexity index is 1470. The monoisotopic (exact) mass is 538 g/mol. The number of hydrogen-bond acceptors (Lipinski definition) is 4. The number of halogens is 4. The topological polar surface area (TPSA) is 60.2 Å². The quantitative estimate of drug-likeness (QED) is 0.200. The Kier molecular flexibility index (Phi) is 7.36. The van der Waals surface area contributed by atoms with Crippen molar-refractivity contribution in [2.24, 2.45) is 7.05 Å². The Morgan fingerprint density at radius 1 is 1.03 bits per heavy atom. The van der Waals surface area contributed by atoms with Gasteiger partial charge in [-0.3, -0.25) is 4.90 Å². The third-order valence-electron chi connectivity index (χ3n) is 6.83. The van der Waals surface area contributed by atoms with Gasteiger partial charge in [-0.05, 0) is 43.0 Å². The molecule has 1 fully saturated rings. The lowest BCUT2D eigenvalue weighted by atomic mass is 10.0. The van der Waals surface area contributed by atoms with Crippen LogP contribution in [0.15, 0.2) is 72.9 Å². The second-order valence-electron chi connectivity index (χ2n) is 9.42. The Labute approximate surface area is 222 Å². The van der Waals surface area contributed by atoms with Crippen LogP contribution >= 0.6 is 0 Å². The van der Waals surface area contributed by atoms with Crippen LogP contribution in [0.25, 0.3) is 22.5 Å². The molecule has 1 atom stereocenters. The largest absolute Gasteiger partial charge is 0.445 e. The van der Waals surface area contributed by atoms with Gasteiger partial charge in [-0.15, -0.1) is 0 Å². The Morgan fingerprint density at radius 3 is 2.56 bits per heavy atom. The van der Waals surface area contributed by atoms with Crippen LogP contribution in [0.2, 0.25) is 0 Å². The van der Waals surface area contributed by atoms with Gasteiger partial charge in [0.2, 0.25) is 5.95 Å². The molecule has 0 bridgehead atoms. The molecule has 0 spiro atoms. The van der Waals surface area contributed by atoms with E-state index < -0.39 is 29.8 Å². The van der Waals surface area contributed by atoms with Gasteiger partial charge in [0.1, 0.15) is 12.4 Å². The van der Waals surface area contributed by atoms with Crippen LogP contribution in [-0.2, 0) is 24.6 Å². The smallest absolute Gasteiger partial charge is 0.416 e. The molecule has 1 unspecified atom stereocenters. The second kappa shape index (κ2) is 10.9. The van der Waals surface area contributed by atoms with Crippen molar-refractivity contribution in [2.75, 3.05) is 6.54 Å². The van der Waals surface area contributed by atoms with Crippen LogP contribution in [-0.4, -0.2) is 32.1 Å². The molecular weight excluding hydrogens is 512 g/mol. The number of ether oxygens (including phenoxy) is 1. The van der Waals surface area contributed by atoms with Crippen molar-refractivity contribution in [1.82, 2.24) is 19.4 Å². The summed E-state index contributed by atoms with van der Waals surface area (Å²) in [4.78, 5) is 23.2. The van der Waals surface area contributed by atoms with E-state index in [2.05, 4.69) is 4.98 Å². The molecule has 202 valence electrons. The van der Waals surface area contributed by atoms with Gasteiger partial charge in [0.25, 0.3) is 0 Å². The van der Waals surface area contributed by atoms with Gasteiger partial charge in [0, 0.05) is 37.0 Å². The first-order chi connectivity index (χ1) is 18.7. The molecule has 2 aromatic carbocycles. The van der Waals surface area contributed by atoms with Gasteiger partial charge in [-0.25, -0.2) is 14.8 Å². The summed E-state index contributed by atoms with van der Waals surface area (Å²) in [5.41, 5.74) is 1.35. The molecule has 1 aliphatic rings. The fourth-order valence-electron chi connectivity index (χ4n) is 4.96. The summed E-state index contributed by atoms with van der Waals surface area (Å²) >= 11 is 0. The molecule has 1 aliphatic heterocycles. The molecule has 39 heavy (non-hydrogen) atoms. The number of carbonyl (C=O) groups excluding carboxylic acids is 1. The molecule has 4 aromatic rings. The van der Waals surface area contributed by atoms with Gasteiger partial charge < -0.3 is 9.30 Å². The number of carbonyl (C=O) groups is 1. The maximum absolute atomic E-state index is 14.1. The van der Waals surface area contributed by atoms with Crippen molar-refractivity contribution < 1.29 is 27.1 Å². The zero-order valence-electron chi connectivity index (χ0n) is 21.2. The van der Waals surface area contributed by atoms with Crippen molar-refractivity contribution in [3.63, 3.8) is 0 Å². The first-order valence-electron chi connectivity index (χ1n) is 12.6. The summed E-state index contributed by atoms with van der Waals surface area (Å²) in [5, 5.41) is 0. The molecule has 1 amide bonds. The minimum absolute atomic E-state index is 0.112. The van der Waals surface area contributed by atoms with E-state index in [0.717, 1.165) is 30.5 Å². The third kappa shape index (κ3) is 5.64. The highest BCUT2D eigenvalue weighted by atomic mass is 19.4. The molecule has 3 heterocycles. The lowest BCUT2D eigenvalue weighted by Crippen LogP contribution is -2.39. The molecule has 0 aliphatic carbocycles. The average molecular weight is 539 g/mol. The Hall–Kier alpha value is -4.21. The number of imidazole rings is 1. The molecule has 0 N–H and O–H groups in total. The van der Waals surface area contributed by atoms with Crippen LogP contribution in [0, 0.1) is 5.95 Å². The lowest BCUT2D eigenvalue weighted by molar-refractivity contribution is -0.137. The highest BCUT2D eigenvalue weighted by molar-refractivity contribution is 5.79. The number of aromatic nitrogens is 3. The molecule has 2 aromatic heterocycles. The van der Waals surface area contributed by atoms with Gasteiger partial charge in [-0.2, -0.15) is 17.6 Å². The first kappa shape index (κ1) is 26.4. The fraction of sp³-hybridized carbons (Fsp3) is 0.276. The molecule has 1 saturated heterocycles. The fourth-order valence-corrected chi connectivity index (χ4v) is 4.96. The van der Waals surface area contributed by atoms with Crippen molar-refractivity contribution >= 4 is 6.09 Å². The van der Waals surface area contributed by atoms with Crippen LogP contribution < -0.4 is 0 Å². The molecule has 6 nitrogen and oxygen atoms in total. The van der Waals surface area contributed by atoms with Crippen molar-refractivity contribution in [3.05, 3.63) is 95.8 Å². The summed E-state index contributed by atoms with van der Waals surface area (Å²) in [6.07, 6.45) is -1.54. The molecule has 0 radical (unpaired) electrons. The number of amides is 1. The minimum atomic E-state index is -4.54. The van der Waals surface area contributed by atoms with E-state index in [1.54, 1.807) is 22.6 Å². The molecule has 10 heteroatoms. The van der Waals surface area contributed by atoms with E-state index in [4.69, 9.17) is 9.72 Å². The Balaban J connectivity index is 1.56. The van der Waals surface area contributed by atoms with Gasteiger partial charge in [0.15, 0.2) is 0 Å². The number of rotatable bonds is 5. The van der Waals surface area contributed by atoms with Crippen LogP contribution in [0.3, 0.4) is 0 Å². The van der Waals surface area contributed by atoms with E-state index in [0.29, 0.717) is 30.0 Å². The lowest BCUT2D eigenvalue weighted by Gasteiger charge is -2.34. The highest BCUT2D eigenvalue weighted by Gasteiger charge is 2.35. The number of piperidine rings is 1. The first-order valence-corrected chi connectivity index (χ1v) is 12.6. The standard InChI is InChI=1S/C29H26F4N4O2/c1-36-26(21-13-14-34-24(30)17-21)25(20-10-7-11-22(16-20)29(31,32)33)35-27(36)23-12-5-6-15-37(23)28(38)39-18-19-8-3-2-4-9-19/h2-4,7-11,13-14,16-17,23H,5-6,12,15,18H2,1H3. The highest BCUT2D eigenvalue weighted by Crippen LogP contribution is 2.40. The van der Waals surface area contributed by atoms with Crippen molar-refractivity contribution in [3.8, 4) is 22.5 Å². The Morgan fingerprint density at radius 2 is 1.82 bits per heavy atom. The van der Waals surface area contributed by atoms with Crippen LogP contribution in [0.1, 0.15) is 42.3 Å². The van der Waals surface area contributed by atoms with Crippen molar-refractivity contribution in [2.45, 2.75) is 38.1 Å². The summed E-state index contributed by atoms with van der Waals surface area (Å²) in [7, 11) is 1.72. The molecular formula is C29H26F4N4O2. The minimum Gasteiger partial charge on any atom is -0.445 e. The second-order valence-corrected chi connectivity index (χ2v) is 9.42. The normalized spacial score (nSPS) is 15.8. The maximum Gasteiger partial charge on any atom is 0.416 e. The summed E-state index contributed by atoms with van der Waals surface area (Å²) in [6.45, 7) is 0.559. The van der Waals surface area contributed by atoms with Crippen LogP contribution in [0.4, 0.5) is 22.4 Å². The van der Waals surface area contributed by atoms with E-state index in [-0.39, 0.29) is 17.9 Å². The summed E-state index contributed by atoms with van der Waals surface area (Å²) < 4.78 is 62.0. The van der Waals surface area contributed by atoms with Gasteiger partial charge in [0.05, 0.1) is 23.0 Å². The number of alkyl halides is 3. The van der Waals surface area contributed by atoms with Crippen molar-refractivity contribution in [1.29, 1.82) is 0 Å². The van der Waals surface area contributed by atoms with Gasteiger partial charge in [-0.1, -0.05) is 42.5 Å². The number of pyridine rings is 1. The van der Waals surface area contributed by atoms with Crippen LogP contribution in [0.5, 0.6) is 0 Å². The van der Waals surface area contributed by atoms with E-state index in [1.165, 1.54) is 24.4 Å². The zero-order chi connectivity index (χ0) is 27.6. The van der Waals surface area contributed by atoms with E-state index in [9.17, 15) is 22.4 Å². The van der Waals surface area contributed by atoms with E-state index >= 15 is 0 Å². The predicted molar refractivity (Wildman–Crippen MR) is 137 cm³/mol. The third-order valence-corrected chi connectivity index (χ3v) is 6.83. The van der Waals surface area contributed by atoms with Gasteiger partial charge >= 0.3 is 12.3 Å².